The van der Waals surface area contributed by atoms with Crippen LogP contribution < -0.4 is 9.47 Å². The van der Waals surface area contributed by atoms with Crippen LogP contribution in [0.4, 0.5) is 0 Å². The molecule has 0 radical (unpaired) electrons. The number of hydrogen-bond donors (Lipinski definition) is 1. The Bertz CT molecular complexity index is 938. The molecule has 1 saturated heterocycles. The Morgan fingerprint density at radius 3 is 2.31 bits per heavy atom. The lowest BCUT2D eigenvalue weighted by molar-refractivity contribution is -0.140. The first-order valence-electron chi connectivity index (χ1n) is 9.08. The largest absolute Gasteiger partial charge is 0.507 e. The van der Waals surface area contributed by atoms with Crippen LogP contribution in [0.2, 0.25) is 0 Å². The number of methoxy groups -OCH3 is 3. The predicted molar refractivity (Wildman–Crippen MR) is 107 cm³/mol. The van der Waals surface area contributed by atoms with Gasteiger partial charge in [-0.25, -0.2) is 0 Å². The van der Waals surface area contributed by atoms with E-state index >= 15 is 0 Å². The van der Waals surface area contributed by atoms with Crippen LogP contribution in [0.15, 0.2) is 54.1 Å². The van der Waals surface area contributed by atoms with E-state index < -0.39 is 17.7 Å². The van der Waals surface area contributed by atoms with Crippen molar-refractivity contribution in [2.24, 2.45) is 0 Å². The second-order valence-electron chi connectivity index (χ2n) is 6.47. The van der Waals surface area contributed by atoms with Gasteiger partial charge in [0.15, 0.2) is 11.5 Å². The fraction of sp³-hybridized carbons (Fsp3) is 0.273. The molecule has 1 aliphatic rings. The van der Waals surface area contributed by atoms with Gasteiger partial charge in [0.05, 0.1) is 32.4 Å². The zero-order chi connectivity index (χ0) is 21.0. The molecule has 7 heteroatoms. The van der Waals surface area contributed by atoms with E-state index in [1.165, 1.54) is 26.2 Å². The smallest absolute Gasteiger partial charge is 0.295 e. The molecule has 2 aromatic rings. The summed E-state index contributed by atoms with van der Waals surface area (Å²) < 4.78 is 15.8. The van der Waals surface area contributed by atoms with Crippen LogP contribution >= 0.6 is 0 Å². The molecule has 1 aliphatic heterocycles. The Hall–Kier alpha value is -3.32. The first kappa shape index (κ1) is 20.4. The van der Waals surface area contributed by atoms with E-state index in [1.54, 1.807) is 48.5 Å². The summed E-state index contributed by atoms with van der Waals surface area (Å²) in [5, 5.41) is 10.9. The van der Waals surface area contributed by atoms with Crippen molar-refractivity contribution in [3.05, 3.63) is 65.2 Å². The van der Waals surface area contributed by atoms with Crippen LogP contribution in [-0.2, 0) is 14.3 Å². The Labute approximate surface area is 169 Å². The van der Waals surface area contributed by atoms with Crippen LogP contribution in [-0.4, -0.2) is 56.2 Å². The first-order valence-corrected chi connectivity index (χ1v) is 9.08. The number of hydrogen-bond acceptors (Lipinski definition) is 6. The van der Waals surface area contributed by atoms with Crippen molar-refractivity contribution in [1.29, 1.82) is 0 Å². The molecule has 7 nitrogen and oxygen atoms in total. The van der Waals surface area contributed by atoms with Crippen molar-refractivity contribution in [1.82, 2.24) is 4.90 Å². The van der Waals surface area contributed by atoms with Gasteiger partial charge in [0.2, 0.25) is 0 Å². The summed E-state index contributed by atoms with van der Waals surface area (Å²) in [5.74, 6) is -0.652. The zero-order valence-corrected chi connectivity index (χ0v) is 16.5. The van der Waals surface area contributed by atoms with Gasteiger partial charge in [0, 0.05) is 19.2 Å². The van der Waals surface area contributed by atoms with E-state index in [-0.39, 0.29) is 24.5 Å². The van der Waals surface area contributed by atoms with Crippen molar-refractivity contribution in [2.75, 3.05) is 34.5 Å². The minimum atomic E-state index is -0.773. The first-order chi connectivity index (χ1) is 14.0. The molecule has 1 unspecified atom stereocenters. The van der Waals surface area contributed by atoms with Crippen LogP contribution in [0.1, 0.15) is 17.2 Å². The summed E-state index contributed by atoms with van der Waals surface area (Å²) in [6.07, 6.45) is 0. The lowest BCUT2D eigenvalue weighted by atomic mass is 9.95. The third kappa shape index (κ3) is 3.82. The third-order valence-electron chi connectivity index (χ3n) is 4.85. The lowest BCUT2D eigenvalue weighted by Gasteiger charge is -2.25. The van der Waals surface area contributed by atoms with Crippen LogP contribution in [0, 0.1) is 0 Å². The van der Waals surface area contributed by atoms with E-state index in [4.69, 9.17) is 14.2 Å². The highest BCUT2D eigenvalue weighted by Gasteiger charge is 2.46. The number of aliphatic hydroxyl groups is 1. The summed E-state index contributed by atoms with van der Waals surface area (Å²) >= 11 is 0. The standard InChI is InChI=1S/C22H23NO6/c1-27-12-11-23-19(15-9-10-16(28-2)17(13-15)29-3)18(21(25)22(23)26)20(24)14-7-5-4-6-8-14/h4-10,13,19,24H,11-12H2,1-3H3. The van der Waals surface area contributed by atoms with Gasteiger partial charge in [0.1, 0.15) is 5.76 Å². The number of carbonyl (C=O) groups excluding carboxylic acids is 2. The maximum atomic E-state index is 12.8. The monoisotopic (exact) mass is 397 g/mol. The molecular formula is C22H23NO6. The second-order valence-corrected chi connectivity index (χ2v) is 6.47. The average molecular weight is 397 g/mol. The molecule has 0 aliphatic carbocycles. The van der Waals surface area contributed by atoms with Gasteiger partial charge in [-0.2, -0.15) is 0 Å². The van der Waals surface area contributed by atoms with Gasteiger partial charge in [-0.1, -0.05) is 36.4 Å². The molecule has 2 aromatic carbocycles. The number of ketones is 1. The number of benzene rings is 2. The number of ether oxygens (including phenoxy) is 3. The number of aliphatic hydroxyl groups excluding tert-OH is 1. The molecule has 29 heavy (non-hydrogen) atoms. The summed E-state index contributed by atoms with van der Waals surface area (Å²) in [4.78, 5) is 27.0. The Morgan fingerprint density at radius 2 is 1.69 bits per heavy atom. The van der Waals surface area contributed by atoms with Gasteiger partial charge in [0.25, 0.3) is 11.7 Å². The number of Topliss-reactive ketones (excluding diaryl/α,β-unsaturated/α-hetero) is 1. The fourth-order valence-corrected chi connectivity index (χ4v) is 3.42. The highest BCUT2D eigenvalue weighted by molar-refractivity contribution is 6.46. The Morgan fingerprint density at radius 1 is 1.00 bits per heavy atom. The van der Waals surface area contributed by atoms with E-state index in [0.717, 1.165) is 0 Å². The molecule has 0 bridgehead atoms. The molecule has 0 saturated carbocycles. The molecule has 0 aromatic heterocycles. The van der Waals surface area contributed by atoms with Crippen LogP contribution in [0.3, 0.4) is 0 Å². The minimum absolute atomic E-state index is 0.0320. The van der Waals surface area contributed by atoms with Crippen molar-refractivity contribution in [3.63, 3.8) is 0 Å². The molecule has 152 valence electrons. The van der Waals surface area contributed by atoms with Gasteiger partial charge >= 0.3 is 0 Å². The summed E-state index contributed by atoms with van der Waals surface area (Å²) in [5.41, 5.74) is 1.11. The topological polar surface area (TPSA) is 85.3 Å². The molecule has 1 fully saturated rings. The van der Waals surface area contributed by atoms with E-state index in [0.29, 0.717) is 22.6 Å². The maximum Gasteiger partial charge on any atom is 0.295 e. The number of likely N-dealkylation sites (tertiary alicyclic amines) is 1. The number of nitrogens with zero attached hydrogens (tertiary/aromatic N) is 1. The predicted octanol–water partition coefficient (Wildman–Crippen LogP) is 2.77. The molecule has 1 amide bonds. The van der Waals surface area contributed by atoms with E-state index in [1.807, 2.05) is 0 Å². The number of carbonyl (C=O) groups is 2. The van der Waals surface area contributed by atoms with Gasteiger partial charge in [-0.05, 0) is 17.7 Å². The Kier molecular flexibility index (Phi) is 6.19. The summed E-state index contributed by atoms with van der Waals surface area (Å²) in [6, 6.07) is 13.1. The highest BCUT2D eigenvalue weighted by atomic mass is 16.5. The van der Waals surface area contributed by atoms with E-state index in [9.17, 15) is 14.7 Å². The second kappa shape index (κ2) is 8.79. The molecule has 1 atom stereocenters. The summed E-state index contributed by atoms with van der Waals surface area (Å²) in [6.45, 7) is 0.452. The van der Waals surface area contributed by atoms with Crippen LogP contribution in [0.5, 0.6) is 11.5 Å². The van der Waals surface area contributed by atoms with Gasteiger partial charge < -0.3 is 24.2 Å². The van der Waals surface area contributed by atoms with Gasteiger partial charge in [-0.15, -0.1) is 0 Å². The zero-order valence-electron chi connectivity index (χ0n) is 16.5. The highest BCUT2D eigenvalue weighted by Crippen LogP contribution is 2.41. The molecule has 1 heterocycles. The van der Waals surface area contributed by atoms with Gasteiger partial charge in [-0.3, -0.25) is 9.59 Å². The number of rotatable bonds is 7. The molecular weight excluding hydrogens is 374 g/mol. The fourth-order valence-electron chi connectivity index (χ4n) is 3.42. The molecule has 1 N–H and O–H groups in total. The van der Waals surface area contributed by atoms with E-state index in [2.05, 4.69) is 0 Å². The third-order valence-corrected chi connectivity index (χ3v) is 4.85. The average Bonchev–Trinajstić information content (AvgIpc) is 3.01. The molecule has 3 rings (SSSR count). The lowest BCUT2D eigenvalue weighted by Crippen LogP contribution is -2.32. The normalized spacial score (nSPS) is 18.2. The quantitative estimate of drug-likeness (QED) is 0.439. The minimum Gasteiger partial charge on any atom is -0.507 e. The number of amides is 1. The SMILES string of the molecule is COCCN1C(=O)C(=O)C(=C(O)c2ccccc2)C1c1ccc(OC)c(OC)c1. The summed E-state index contributed by atoms with van der Waals surface area (Å²) in [7, 11) is 4.55. The van der Waals surface area contributed by atoms with Crippen molar-refractivity contribution in [2.45, 2.75) is 6.04 Å². The van der Waals surface area contributed by atoms with Crippen LogP contribution in [0.25, 0.3) is 5.76 Å². The van der Waals surface area contributed by atoms with Crippen molar-refractivity contribution >= 4 is 17.4 Å². The molecule has 0 spiro atoms. The van der Waals surface area contributed by atoms with Crippen molar-refractivity contribution < 1.29 is 28.9 Å². The van der Waals surface area contributed by atoms with Crippen molar-refractivity contribution in [3.8, 4) is 11.5 Å². The maximum absolute atomic E-state index is 12.8. The Balaban J connectivity index is 2.18.